The minimum atomic E-state index is 0.373. The maximum absolute atomic E-state index is 5.80. The number of piperazine rings is 1. The lowest BCUT2D eigenvalue weighted by atomic mass is 9.85. The Bertz CT molecular complexity index is 365. The lowest BCUT2D eigenvalue weighted by Gasteiger charge is -2.45. The predicted octanol–water partition coefficient (Wildman–Crippen LogP) is 1.31. The van der Waals surface area contributed by atoms with Crippen molar-refractivity contribution in [3.8, 4) is 0 Å². The topological polar surface area (TPSA) is 27.7 Å². The molecule has 4 aliphatic rings. The Morgan fingerprint density at radius 2 is 2.14 bits per heavy atom. The van der Waals surface area contributed by atoms with Gasteiger partial charge in [0.05, 0.1) is 6.61 Å². The third-order valence-corrected chi connectivity index (χ3v) is 6.13. The Morgan fingerprint density at radius 3 is 2.90 bits per heavy atom. The summed E-state index contributed by atoms with van der Waals surface area (Å²) in [4.78, 5) is 5.50. The average molecular weight is 293 g/mol. The summed E-state index contributed by atoms with van der Waals surface area (Å²) >= 11 is 0. The van der Waals surface area contributed by atoms with Crippen LogP contribution in [0.4, 0.5) is 0 Å². The van der Waals surface area contributed by atoms with Crippen molar-refractivity contribution in [2.45, 2.75) is 57.2 Å². The molecule has 0 aromatic heterocycles. The minimum absolute atomic E-state index is 0.373. The third kappa shape index (κ3) is 3.14. The zero-order valence-electron chi connectivity index (χ0n) is 13.5. The number of nitrogens with zero attached hydrogens (tertiary/aromatic N) is 2. The molecule has 0 bridgehead atoms. The highest BCUT2D eigenvalue weighted by Gasteiger charge is 2.42. The fourth-order valence-electron chi connectivity index (χ4n) is 4.52. The number of rotatable bonds is 5. The molecule has 3 atom stereocenters. The van der Waals surface area contributed by atoms with Crippen LogP contribution in [0.25, 0.3) is 0 Å². The van der Waals surface area contributed by atoms with Gasteiger partial charge in [0.2, 0.25) is 0 Å². The monoisotopic (exact) mass is 293 g/mol. The fraction of sp³-hybridized carbons (Fsp3) is 1.00. The normalized spacial score (nSPS) is 41.6. The summed E-state index contributed by atoms with van der Waals surface area (Å²) < 4.78 is 5.80. The molecule has 3 aliphatic heterocycles. The van der Waals surface area contributed by atoms with Crippen LogP contribution in [0, 0.1) is 5.41 Å². The van der Waals surface area contributed by atoms with Crippen molar-refractivity contribution in [3.05, 3.63) is 0 Å². The van der Waals surface area contributed by atoms with Crippen LogP contribution in [0.15, 0.2) is 0 Å². The molecule has 4 rings (SSSR count). The molecule has 21 heavy (non-hydrogen) atoms. The van der Waals surface area contributed by atoms with Gasteiger partial charge in [0.1, 0.15) is 0 Å². The fourth-order valence-corrected chi connectivity index (χ4v) is 4.52. The van der Waals surface area contributed by atoms with Crippen LogP contribution in [-0.4, -0.2) is 73.9 Å². The summed E-state index contributed by atoms with van der Waals surface area (Å²) in [5.74, 6) is 0. The molecule has 3 saturated heterocycles. The van der Waals surface area contributed by atoms with E-state index in [1.54, 1.807) is 0 Å². The summed E-state index contributed by atoms with van der Waals surface area (Å²) in [7, 11) is 0. The molecule has 1 N–H and O–H groups in total. The van der Waals surface area contributed by atoms with Crippen molar-refractivity contribution in [2.24, 2.45) is 5.41 Å². The minimum Gasteiger partial charge on any atom is -0.381 e. The van der Waals surface area contributed by atoms with Crippen molar-refractivity contribution in [1.82, 2.24) is 15.1 Å². The standard InChI is InChI=1S/C17H31N3O/c1-14-9-19-7-2-3-16(19)10-20(14)12-17(6-8-21-13-17)11-18-15-4-5-15/h14-16,18H,2-13H2,1H3. The highest BCUT2D eigenvalue weighted by molar-refractivity contribution is 4.96. The molecule has 0 aromatic carbocycles. The second-order valence-corrected chi connectivity index (χ2v) is 8.03. The first kappa shape index (κ1) is 14.4. The van der Waals surface area contributed by atoms with Crippen LogP contribution in [-0.2, 0) is 4.74 Å². The molecule has 3 heterocycles. The number of hydrogen-bond acceptors (Lipinski definition) is 4. The Kier molecular flexibility index (Phi) is 3.99. The predicted molar refractivity (Wildman–Crippen MR) is 84.5 cm³/mol. The van der Waals surface area contributed by atoms with E-state index in [-0.39, 0.29) is 0 Å². The molecule has 4 fully saturated rings. The zero-order chi connectivity index (χ0) is 14.3. The van der Waals surface area contributed by atoms with E-state index in [1.807, 2.05) is 0 Å². The number of ether oxygens (including phenoxy) is 1. The first-order valence-electron chi connectivity index (χ1n) is 9.03. The van der Waals surface area contributed by atoms with Crippen LogP contribution in [0.2, 0.25) is 0 Å². The number of nitrogens with one attached hydrogen (secondary N) is 1. The Hall–Kier alpha value is -0.160. The van der Waals surface area contributed by atoms with E-state index in [4.69, 9.17) is 4.74 Å². The van der Waals surface area contributed by atoms with Gasteiger partial charge in [-0.1, -0.05) is 0 Å². The lowest BCUT2D eigenvalue weighted by Crippen LogP contribution is -2.58. The molecule has 0 spiro atoms. The van der Waals surface area contributed by atoms with Crippen molar-refractivity contribution in [1.29, 1.82) is 0 Å². The molecule has 1 saturated carbocycles. The van der Waals surface area contributed by atoms with Crippen LogP contribution in [0.5, 0.6) is 0 Å². The van der Waals surface area contributed by atoms with Crippen LogP contribution in [0.3, 0.4) is 0 Å². The summed E-state index contributed by atoms with van der Waals surface area (Å²) in [6, 6.07) is 2.35. The molecular formula is C17H31N3O. The van der Waals surface area contributed by atoms with Gasteiger partial charge in [-0.05, 0) is 45.6 Å². The molecule has 3 unspecified atom stereocenters. The molecule has 0 amide bonds. The van der Waals surface area contributed by atoms with Gasteiger partial charge >= 0.3 is 0 Å². The third-order valence-electron chi connectivity index (χ3n) is 6.13. The van der Waals surface area contributed by atoms with Crippen LogP contribution in [0.1, 0.15) is 39.0 Å². The summed E-state index contributed by atoms with van der Waals surface area (Å²) in [6.45, 7) is 10.6. The molecule has 0 aromatic rings. The van der Waals surface area contributed by atoms with Gasteiger partial charge in [0.25, 0.3) is 0 Å². The molecule has 4 nitrogen and oxygen atoms in total. The molecule has 0 radical (unpaired) electrons. The van der Waals surface area contributed by atoms with Crippen molar-refractivity contribution in [3.63, 3.8) is 0 Å². The molecule has 120 valence electrons. The summed E-state index contributed by atoms with van der Waals surface area (Å²) in [5, 5.41) is 3.77. The van der Waals surface area contributed by atoms with Crippen molar-refractivity contribution in [2.75, 3.05) is 45.9 Å². The highest BCUT2D eigenvalue weighted by Crippen LogP contribution is 2.33. The summed E-state index contributed by atoms with van der Waals surface area (Å²) in [6.07, 6.45) is 6.82. The van der Waals surface area contributed by atoms with Crippen LogP contribution < -0.4 is 5.32 Å². The lowest BCUT2D eigenvalue weighted by molar-refractivity contribution is 0.0209. The van der Waals surface area contributed by atoms with Gasteiger partial charge in [-0.2, -0.15) is 0 Å². The van der Waals surface area contributed by atoms with E-state index in [1.165, 1.54) is 58.3 Å². The first-order chi connectivity index (χ1) is 10.2. The SMILES string of the molecule is CC1CN2CCCC2CN1CC1(CNC2CC2)CCOC1. The number of hydrogen-bond donors (Lipinski definition) is 1. The molecule has 1 aliphatic carbocycles. The Labute approximate surface area is 129 Å². The maximum Gasteiger partial charge on any atom is 0.0547 e. The van der Waals surface area contributed by atoms with E-state index >= 15 is 0 Å². The van der Waals surface area contributed by atoms with Crippen molar-refractivity contribution < 1.29 is 4.74 Å². The van der Waals surface area contributed by atoms with Crippen molar-refractivity contribution >= 4 is 0 Å². The second-order valence-electron chi connectivity index (χ2n) is 8.03. The van der Waals surface area contributed by atoms with E-state index in [2.05, 4.69) is 22.0 Å². The quantitative estimate of drug-likeness (QED) is 0.827. The first-order valence-corrected chi connectivity index (χ1v) is 9.03. The van der Waals surface area contributed by atoms with Gasteiger partial charge in [0, 0.05) is 56.3 Å². The van der Waals surface area contributed by atoms with E-state index in [9.17, 15) is 0 Å². The van der Waals surface area contributed by atoms with Gasteiger partial charge in [-0.3, -0.25) is 9.80 Å². The average Bonchev–Trinajstić information content (AvgIpc) is 3.02. The van der Waals surface area contributed by atoms with E-state index < -0.39 is 0 Å². The molecular weight excluding hydrogens is 262 g/mol. The molecule has 4 heteroatoms. The largest absolute Gasteiger partial charge is 0.381 e. The zero-order valence-corrected chi connectivity index (χ0v) is 13.5. The highest BCUT2D eigenvalue weighted by atomic mass is 16.5. The van der Waals surface area contributed by atoms with Gasteiger partial charge in [-0.15, -0.1) is 0 Å². The van der Waals surface area contributed by atoms with Gasteiger partial charge in [-0.25, -0.2) is 0 Å². The van der Waals surface area contributed by atoms with E-state index in [0.717, 1.165) is 31.8 Å². The van der Waals surface area contributed by atoms with Gasteiger partial charge in [0.15, 0.2) is 0 Å². The Morgan fingerprint density at radius 1 is 1.24 bits per heavy atom. The van der Waals surface area contributed by atoms with Crippen LogP contribution >= 0.6 is 0 Å². The maximum atomic E-state index is 5.80. The van der Waals surface area contributed by atoms with Gasteiger partial charge < -0.3 is 10.1 Å². The smallest absolute Gasteiger partial charge is 0.0547 e. The second kappa shape index (κ2) is 5.80. The summed E-state index contributed by atoms with van der Waals surface area (Å²) in [5.41, 5.74) is 0.373. The Balaban J connectivity index is 1.39. The van der Waals surface area contributed by atoms with E-state index in [0.29, 0.717) is 11.5 Å². The number of fused-ring (bicyclic) bond motifs is 1.